The minimum atomic E-state index is -0.980. The molecule has 0 radical (unpaired) electrons. The van der Waals surface area contributed by atoms with Crippen LogP contribution in [0.2, 0.25) is 0 Å². The normalized spacial score (nSPS) is 15.4. The molecular weight excluding hydrogens is 378 g/mol. The molecule has 1 saturated heterocycles. The average molecular weight is 398 g/mol. The Hall–Kier alpha value is -3.13. The molecule has 29 heavy (non-hydrogen) atoms. The van der Waals surface area contributed by atoms with Crippen molar-refractivity contribution in [1.82, 2.24) is 15.0 Å². The lowest BCUT2D eigenvalue weighted by molar-refractivity contribution is -0.121. The molecule has 1 N–H and O–H groups in total. The third kappa shape index (κ3) is 4.65. The van der Waals surface area contributed by atoms with E-state index in [0.29, 0.717) is 44.2 Å². The van der Waals surface area contributed by atoms with Crippen LogP contribution in [0, 0.1) is 17.6 Å². The van der Waals surface area contributed by atoms with Gasteiger partial charge in [-0.1, -0.05) is 35.5 Å². The predicted molar refractivity (Wildman–Crippen MR) is 103 cm³/mol. The highest BCUT2D eigenvalue weighted by Gasteiger charge is 2.26. The number of benzene rings is 2. The summed E-state index contributed by atoms with van der Waals surface area (Å²) < 4.78 is 31.6. The van der Waals surface area contributed by atoms with Crippen molar-refractivity contribution < 1.29 is 18.1 Å². The summed E-state index contributed by atoms with van der Waals surface area (Å²) in [4.78, 5) is 19.0. The van der Waals surface area contributed by atoms with E-state index < -0.39 is 11.6 Å². The van der Waals surface area contributed by atoms with Crippen LogP contribution in [0.25, 0.3) is 11.4 Å². The monoisotopic (exact) mass is 398 g/mol. The maximum atomic E-state index is 13.3. The molecule has 1 fully saturated rings. The summed E-state index contributed by atoms with van der Waals surface area (Å²) in [5.41, 5.74) is 1.16. The SMILES string of the molecule is O=C(Nc1ccc(F)c(F)c1)C1CCN(Cc2nc(-c3ccccc3)no2)CC1. The third-order valence-corrected chi connectivity index (χ3v) is 5.00. The van der Waals surface area contributed by atoms with Crippen LogP contribution in [-0.4, -0.2) is 34.0 Å². The molecule has 2 aromatic carbocycles. The molecule has 150 valence electrons. The van der Waals surface area contributed by atoms with Crippen LogP contribution in [0.1, 0.15) is 18.7 Å². The van der Waals surface area contributed by atoms with Crippen molar-refractivity contribution >= 4 is 11.6 Å². The van der Waals surface area contributed by atoms with Gasteiger partial charge in [0.05, 0.1) is 6.54 Å². The van der Waals surface area contributed by atoms with Crippen LogP contribution in [0.5, 0.6) is 0 Å². The smallest absolute Gasteiger partial charge is 0.241 e. The molecule has 0 spiro atoms. The molecule has 1 aliphatic rings. The summed E-state index contributed by atoms with van der Waals surface area (Å²) in [6.07, 6.45) is 1.32. The number of piperidine rings is 1. The number of hydrogen-bond donors (Lipinski definition) is 1. The van der Waals surface area contributed by atoms with Gasteiger partial charge >= 0.3 is 0 Å². The first-order valence-electron chi connectivity index (χ1n) is 9.45. The zero-order chi connectivity index (χ0) is 20.2. The van der Waals surface area contributed by atoms with Gasteiger partial charge in [0.1, 0.15) is 0 Å². The van der Waals surface area contributed by atoms with Gasteiger partial charge in [-0.25, -0.2) is 8.78 Å². The van der Waals surface area contributed by atoms with Crippen molar-refractivity contribution in [1.29, 1.82) is 0 Å². The zero-order valence-corrected chi connectivity index (χ0v) is 15.6. The number of halogens is 2. The highest BCUT2D eigenvalue weighted by Crippen LogP contribution is 2.22. The van der Waals surface area contributed by atoms with E-state index in [1.165, 1.54) is 6.07 Å². The fourth-order valence-corrected chi connectivity index (χ4v) is 3.39. The van der Waals surface area contributed by atoms with Crippen molar-refractivity contribution in [3.8, 4) is 11.4 Å². The lowest BCUT2D eigenvalue weighted by Gasteiger charge is -2.30. The zero-order valence-electron chi connectivity index (χ0n) is 15.6. The maximum absolute atomic E-state index is 13.3. The first-order valence-corrected chi connectivity index (χ1v) is 9.45. The summed E-state index contributed by atoms with van der Waals surface area (Å²) in [5.74, 6) is -1.18. The number of hydrogen-bond acceptors (Lipinski definition) is 5. The van der Waals surface area contributed by atoms with Crippen molar-refractivity contribution in [3.63, 3.8) is 0 Å². The number of anilines is 1. The molecular formula is C21H20F2N4O2. The Morgan fingerprint density at radius 2 is 1.86 bits per heavy atom. The van der Waals surface area contributed by atoms with Crippen LogP contribution in [-0.2, 0) is 11.3 Å². The summed E-state index contributed by atoms with van der Waals surface area (Å²) >= 11 is 0. The molecule has 1 amide bonds. The Morgan fingerprint density at radius 3 is 2.59 bits per heavy atom. The molecule has 0 saturated carbocycles. The minimum absolute atomic E-state index is 0.179. The van der Waals surface area contributed by atoms with Crippen molar-refractivity contribution in [2.24, 2.45) is 5.92 Å². The Labute approximate surface area is 166 Å². The second-order valence-corrected chi connectivity index (χ2v) is 7.05. The molecule has 4 rings (SSSR count). The van der Waals surface area contributed by atoms with E-state index >= 15 is 0 Å². The standard InChI is InChI=1S/C21H20F2N4O2/c22-17-7-6-16(12-18(17)23)24-21(28)15-8-10-27(11-9-15)13-19-25-20(26-29-19)14-4-2-1-3-5-14/h1-7,12,15H,8-11,13H2,(H,24,28). The van der Waals surface area contributed by atoms with Crippen LogP contribution in [0.3, 0.4) is 0 Å². The number of nitrogens with zero attached hydrogens (tertiary/aromatic N) is 3. The molecule has 0 aliphatic carbocycles. The molecule has 1 aromatic heterocycles. The Kier molecular flexibility index (Phi) is 5.62. The first kappa shape index (κ1) is 19.2. The Bertz CT molecular complexity index is 985. The van der Waals surface area contributed by atoms with Gasteiger partial charge in [0.15, 0.2) is 11.6 Å². The van der Waals surface area contributed by atoms with Crippen LogP contribution >= 0.6 is 0 Å². The van der Waals surface area contributed by atoms with Gasteiger partial charge < -0.3 is 9.84 Å². The maximum Gasteiger partial charge on any atom is 0.241 e. The van der Waals surface area contributed by atoms with Crippen molar-refractivity contribution in [2.45, 2.75) is 19.4 Å². The number of aromatic nitrogens is 2. The Balaban J connectivity index is 1.29. The Morgan fingerprint density at radius 1 is 1.10 bits per heavy atom. The summed E-state index contributed by atoms with van der Waals surface area (Å²) in [7, 11) is 0. The quantitative estimate of drug-likeness (QED) is 0.707. The lowest BCUT2D eigenvalue weighted by atomic mass is 9.96. The van der Waals surface area contributed by atoms with Crippen LogP contribution in [0.4, 0.5) is 14.5 Å². The van der Waals surface area contributed by atoms with E-state index in [9.17, 15) is 13.6 Å². The number of rotatable bonds is 5. The van der Waals surface area contributed by atoms with Crippen LogP contribution in [0.15, 0.2) is 53.1 Å². The van der Waals surface area contributed by atoms with E-state index in [-0.39, 0.29) is 17.5 Å². The molecule has 1 aliphatic heterocycles. The number of nitrogens with one attached hydrogen (secondary N) is 1. The summed E-state index contributed by atoms with van der Waals surface area (Å²) in [6, 6.07) is 13.0. The predicted octanol–water partition coefficient (Wildman–Crippen LogP) is 3.87. The molecule has 3 aromatic rings. The van der Waals surface area contributed by atoms with Gasteiger partial charge in [0, 0.05) is 23.2 Å². The highest BCUT2D eigenvalue weighted by molar-refractivity contribution is 5.92. The molecule has 0 unspecified atom stereocenters. The molecule has 6 nitrogen and oxygen atoms in total. The number of carbonyl (C=O) groups excluding carboxylic acids is 1. The van der Waals surface area contributed by atoms with Gasteiger partial charge in [-0.05, 0) is 38.1 Å². The van der Waals surface area contributed by atoms with Gasteiger partial charge in [-0.3, -0.25) is 9.69 Å². The fraction of sp³-hybridized carbons (Fsp3) is 0.286. The van der Waals surface area contributed by atoms with Crippen molar-refractivity contribution in [3.05, 3.63) is 66.1 Å². The largest absolute Gasteiger partial charge is 0.338 e. The summed E-state index contributed by atoms with van der Waals surface area (Å²) in [5, 5.41) is 6.68. The molecule has 0 atom stereocenters. The van der Waals surface area contributed by atoms with Gasteiger partial charge in [0.2, 0.25) is 17.6 Å². The number of likely N-dealkylation sites (tertiary alicyclic amines) is 1. The van der Waals surface area contributed by atoms with Crippen molar-refractivity contribution in [2.75, 3.05) is 18.4 Å². The van der Waals surface area contributed by atoms with Crippen LogP contribution < -0.4 is 5.32 Å². The first-order chi connectivity index (χ1) is 14.1. The summed E-state index contributed by atoms with van der Waals surface area (Å²) in [6.45, 7) is 1.94. The van der Waals surface area contributed by atoms with Gasteiger partial charge in [-0.2, -0.15) is 4.98 Å². The third-order valence-electron chi connectivity index (χ3n) is 5.00. The minimum Gasteiger partial charge on any atom is -0.338 e. The second-order valence-electron chi connectivity index (χ2n) is 7.05. The van der Waals surface area contributed by atoms with E-state index in [1.54, 1.807) is 0 Å². The second kappa shape index (κ2) is 8.48. The molecule has 0 bridgehead atoms. The van der Waals surface area contributed by atoms with Gasteiger partial charge in [0.25, 0.3) is 0 Å². The van der Waals surface area contributed by atoms with E-state index in [4.69, 9.17) is 4.52 Å². The van der Waals surface area contributed by atoms with Gasteiger partial charge in [-0.15, -0.1) is 0 Å². The molecule has 2 heterocycles. The highest BCUT2D eigenvalue weighted by atomic mass is 19.2. The fourth-order valence-electron chi connectivity index (χ4n) is 3.39. The van der Waals surface area contributed by atoms with E-state index in [0.717, 1.165) is 17.7 Å². The van der Waals surface area contributed by atoms with E-state index in [2.05, 4.69) is 20.4 Å². The topological polar surface area (TPSA) is 71.3 Å². The van der Waals surface area contributed by atoms with E-state index in [1.807, 2.05) is 30.3 Å². The average Bonchev–Trinajstić information content (AvgIpc) is 3.20. The number of amides is 1. The lowest BCUT2D eigenvalue weighted by Crippen LogP contribution is -2.37. The number of carbonyl (C=O) groups is 1. The molecule has 8 heteroatoms.